The summed E-state index contributed by atoms with van der Waals surface area (Å²) in [7, 11) is 0. The fraction of sp³-hybridized carbons (Fsp3) is 0.400. The zero-order valence-corrected chi connectivity index (χ0v) is 12.2. The Hall–Kier alpha value is -2.21. The van der Waals surface area contributed by atoms with Gasteiger partial charge in [0.1, 0.15) is 0 Å². The summed E-state index contributed by atoms with van der Waals surface area (Å²) < 4.78 is 0. The fourth-order valence-corrected chi connectivity index (χ4v) is 2.19. The minimum atomic E-state index is -0.591. The van der Waals surface area contributed by atoms with Crippen LogP contribution in [0.15, 0.2) is 24.3 Å². The molecule has 21 heavy (non-hydrogen) atoms. The van der Waals surface area contributed by atoms with Gasteiger partial charge in [-0.25, -0.2) is 4.79 Å². The number of carbonyl (C=O) groups excluding carboxylic acids is 3. The van der Waals surface area contributed by atoms with Crippen LogP contribution >= 0.6 is 0 Å². The smallest absolute Gasteiger partial charge is 0.330 e. The first kappa shape index (κ1) is 15.2. The Balaban J connectivity index is 1.97. The van der Waals surface area contributed by atoms with Crippen LogP contribution in [0.1, 0.15) is 41.0 Å². The molecule has 0 aromatic heterocycles. The third kappa shape index (κ3) is 3.11. The molecule has 6 heteroatoms. The molecule has 0 spiro atoms. The molecule has 0 fully saturated rings. The number of hydroxylamine groups is 2. The van der Waals surface area contributed by atoms with Gasteiger partial charge in [-0.2, -0.15) is 0 Å². The molecule has 0 aliphatic carbocycles. The van der Waals surface area contributed by atoms with Crippen LogP contribution in [-0.2, 0) is 9.63 Å². The summed E-state index contributed by atoms with van der Waals surface area (Å²) in [5.41, 5.74) is 0.526. The zero-order valence-electron chi connectivity index (χ0n) is 12.2. The Kier molecular flexibility index (Phi) is 4.70. The highest BCUT2D eigenvalue weighted by Crippen LogP contribution is 2.22. The van der Waals surface area contributed by atoms with Crippen molar-refractivity contribution in [1.82, 2.24) is 9.96 Å². The van der Waals surface area contributed by atoms with E-state index in [1.165, 1.54) is 0 Å². The average molecular weight is 290 g/mol. The number of imide groups is 1. The highest BCUT2D eigenvalue weighted by Gasteiger charge is 2.38. The molecule has 0 saturated carbocycles. The molecule has 112 valence electrons. The summed E-state index contributed by atoms with van der Waals surface area (Å²) in [6.45, 7) is 6.20. The third-order valence-corrected chi connectivity index (χ3v) is 3.48. The van der Waals surface area contributed by atoms with Gasteiger partial charge in [0.05, 0.1) is 17.5 Å². The van der Waals surface area contributed by atoms with E-state index in [1.807, 2.05) is 13.8 Å². The van der Waals surface area contributed by atoms with E-state index < -0.39 is 17.8 Å². The predicted octanol–water partition coefficient (Wildman–Crippen LogP) is 1.47. The summed E-state index contributed by atoms with van der Waals surface area (Å²) in [5, 5.41) is 0.551. The van der Waals surface area contributed by atoms with Crippen molar-refractivity contribution in [2.24, 2.45) is 0 Å². The maximum atomic E-state index is 12.0. The lowest BCUT2D eigenvalue weighted by Gasteiger charge is -2.18. The number of amides is 2. The van der Waals surface area contributed by atoms with Crippen LogP contribution in [0.4, 0.5) is 0 Å². The van der Waals surface area contributed by atoms with Crippen molar-refractivity contribution < 1.29 is 19.2 Å². The number of hydrogen-bond donors (Lipinski definition) is 0. The topological polar surface area (TPSA) is 66.9 Å². The molecule has 0 unspecified atom stereocenters. The molecule has 1 aromatic carbocycles. The molecule has 0 bridgehead atoms. The second-order valence-corrected chi connectivity index (χ2v) is 4.69. The third-order valence-electron chi connectivity index (χ3n) is 3.48. The minimum absolute atomic E-state index is 0.134. The van der Waals surface area contributed by atoms with Crippen molar-refractivity contribution in [3.63, 3.8) is 0 Å². The Morgan fingerprint density at radius 2 is 1.62 bits per heavy atom. The summed E-state index contributed by atoms with van der Waals surface area (Å²) >= 11 is 0. The van der Waals surface area contributed by atoms with Crippen molar-refractivity contribution in [3.05, 3.63) is 35.4 Å². The molecule has 0 N–H and O–H groups in total. The zero-order chi connectivity index (χ0) is 15.4. The Morgan fingerprint density at radius 3 is 2.10 bits per heavy atom. The van der Waals surface area contributed by atoms with E-state index >= 15 is 0 Å². The van der Waals surface area contributed by atoms with Gasteiger partial charge in [0.2, 0.25) is 0 Å². The van der Waals surface area contributed by atoms with Crippen LogP contribution in [0.2, 0.25) is 0 Å². The largest absolute Gasteiger partial charge is 0.334 e. The van der Waals surface area contributed by atoms with E-state index in [2.05, 4.69) is 4.90 Å². The number of fused-ring (bicyclic) bond motifs is 1. The van der Waals surface area contributed by atoms with Crippen LogP contribution in [-0.4, -0.2) is 47.4 Å². The van der Waals surface area contributed by atoms with Crippen LogP contribution in [0.3, 0.4) is 0 Å². The van der Waals surface area contributed by atoms with E-state index in [9.17, 15) is 14.4 Å². The summed E-state index contributed by atoms with van der Waals surface area (Å²) in [4.78, 5) is 42.8. The second-order valence-electron chi connectivity index (χ2n) is 4.69. The first-order valence-corrected chi connectivity index (χ1v) is 6.99. The second kappa shape index (κ2) is 6.49. The van der Waals surface area contributed by atoms with Gasteiger partial charge in [0.15, 0.2) is 0 Å². The van der Waals surface area contributed by atoms with Gasteiger partial charge >= 0.3 is 5.97 Å². The Bertz CT molecular complexity index is 532. The number of nitrogens with zero attached hydrogens (tertiary/aromatic N) is 2. The SMILES string of the molecule is CCN(CC)CCC(=O)ON1C(=O)c2ccccc2C1=O. The fourth-order valence-electron chi connectivity index (χ4n) is 2.19. The standard InChI is InChI=1S/C15H18N2O4/c1-3-16(4-2)10-9-13(18)21-17-14(19)11-7-5-6-8-12(11)15(17)20/h5-8H,3-4,9-10H2,1-2H3. The molecule has 0 atom stereocenters. The first-order chi connectivity index (χ1) is 10.1. The summed E-state index contributed by atoms with van der Waals surface area (Å²) in [6.07, 6.45) is 0.134. The van der Waals surface area contributed by atoms with Crippen LogP contribution in [0, 0.1) is 0 Å². The van der Waals surface area contributed by atoms with Gasteiger partial charge in [-0.1, -0.05) is 31.0 Å². The van der Waals surface area contributed by atoms with Crippen LogP contribution in [0.25, 0.3) is 0 Å². The molecule has 2 rings (SSSR count). The van der Waals surface area contributed by atoms with Gasteiger partial charge in [-0.05, 0) is 25.2 Å². The van der Waals surface area contributed by atoms with E-state index in [0.717, 1.165) is 13.1 Å². The number of rotatable bonds is 6. The number of carbonyl (C=O) groups is 3. The van der Waals surface area contributed by atoms with Crippen LogP contribution in [0.5, 0.6) is 0 Å². The van der Waals surface area contributed by atoms with E-state index in [1.54, 1.807) is 24.3 Å². The predicted molar refractivity (Wildman–Crippen MR) is 75.4 cm³/mol. The normalized spacial score (nSPS) is 13.8. The average Bonchev–Trinajstić information content (AvgIpc) is 2.74. The highest BCUT2D eigenvalue weighted by molar-refractivity contribution is 6.20. The molecule has 0 radical (unpaired) electrons. The highest BCUT2D eigenvalue weighted by atomic mass is 16.7. The monoisotopic (exact) mass is 290 g/mol. The van der Waals surface area contributed by atoms with E-state index in [0.29, 0.717) is 11.6 Å². The maximum absolute atomic E-state index is 12.0. The van der Waals surface area contributed by atoms with Gasteiger partial charge in [-0.3, -0.25) is 9.59 Å². The number of benzene rings is 1. The molecular formula is C15H18N2O4. The maximum Gasteiger partial charge on any atom is 0.334 e. The van der Waals surface area contributed by atoms with Crippen molar-refractivity contribution in [2.75, 3.05) is 19.6 Å². The van der Waals surface area contributed by atoms with Gasteiger partial charge in [0.25, 0.3) is 11.8 Å². The summed E-state index contributed by atoms with van der Waals surface area (Å²) in [5.74, 6) is -1.77. The quantitative estimate of drug-likeness (QED) is 0.742. The minimum Gasteiger partial charge on any atom is -0.330 e. The molecule has 1 aromatic rings. The molecule has 6 nitrogen and oxygen atoms in total. The van der Waals surface area contributed by atoms with Crippen molar-refractivity contribution in [3.8, 4) is 0 Å². The van der Waals surface area contributed by atoms with Crippen molar-refractivity contribution in [1.29, 1.82) is 0 Å². The number of hydrogen-bond acceptors (Lipinski definition) is 5. The Labute approximate surface area is 123 Å². The molecule has 1 heterocycles. The first-order valence-electron chi connectivity index (χ1n) is 6.99. The lowest BCUT2D eigenvalue weighted by Crippen LogP contribution is -2.34. The van der Waals surface area contributed by atoms with Crippen molar-refractivity contribution >= 4 is 17.8 Å². The van der Waals surface area contributed by atoms with E-state index in [4.69, 9.17) is 4.84 Å². The lowest BCUT2D eigenvalue weighted by atomic mass is 10.1. The van der Waals surface area contributed by atoms with Crippen LogP contribution < -0.4 is 0 Å². The summed E-state index contributed by atoms with van der Waals surface area (Å²) in [6, 6.07) is 6.41. The van der Waals surface area contributed by atoms with Crippen molar-refractivity contribution in [2.45, 2.75) is 20.3 Å². The molecule has 2 amide bonds. The van der Waals surface area contributed by atoms with Gasteiger partial charge in [-0.15, -0.1) is 0 Å². The Morgan fingerprint density at radius 1 is 1.10 bits per heavy atom. The molecule has 1 aliphatic rings. The molecular weight excluding hydrogens is 272 g/mol. The molecule has 0 saturated heterocycles. The lowest BCUT2D eigenvalue weighted by molar-refractivity contribution is -0.168. The van der Waals surface area contributed by atoms with Gasteiger partial charge in [0, 0.05) is 6.54 Å². The van der Waals surface area contributed by atoms with E-state index in [-0.39, 0.29) is 17.5 Å². The molecule has 1 aliphatic heterocycles. The van der Waals surface area contributed by atoms with Gasteiger partial charge < -0.3 is 9.74 Å².